The average Bonchev–Trinajstić information content (AvgIpc) is 3.46. The van der Waals surface area contributed by atoms with Crippen molar-refractivity contribution >= 4 is 38.7 Å². The molecule has 30 heavy (non-hydrogen) atoms. The van der Waals surface area contributed by atoms with Gasteiger partial charge in [-0.1, -0.05) is 106 Å². The van der Waals surface area contributed by atoms with Crippen LogP contribution in [0, 0.1) is 5.92 Å². The van der Waals surface area contributed by atoms with E-state index in [1.807, 2.05) is 0 Å². The van der Waals surface area contributed by atoms with Crippen LogP contribution in [0.2, 0.25) is 41.8 Å². The van der Waals surface area contributed by atoms with Crippen LogP contribution in [0.15, 0.2) is 0 Å². The quantitative estimate of drug-likeness (QED) is 0.157. The number of rotatable bonds is 6. The predicted molar refractivity (Wildman–Crippen MR) is 146 cm³/mol. The van der Waals surface area contributed by atoms with Gasteiger partial charge in [0.1, 0.15) is 0 Å². The number of hydrogen-bond donors (Lipinski definition) is 1. The van der Waals surface area contributed by atoms with Gasteiger partial charge in [0.05, 0.1) is 29.4 Å². The third kappa shape index (κ3) is 12.8. The maximum absolute atomic E-state index is 8.97. The standard InChI is InChI=1S/C10H22OSi.C8H17ISi.C4H9.C2H4O.Li/c1-3-12(4-2)9-5-6-10(12)7-8-11;1-3-10(4-2)7-5-6-8(10)9;1-4(2)3;1-2-3-1;/h10-11H,3-9H2,1-2H3;8H,3-7H2,1-2H3;1-3H3;1-2H2;/q;;-1;;+1. The zero-order valence-electron chi connectivity index (χ0n) is 21.8. The largest absolute Gasteiger partial charge is 1.00 e. The summed E-state index contributed by atoms with van der Waals surface area (Å²) in [7, 11) is -1.59. The molecule has 3 rings (SSSR count). The molecule has 0 spiro atoms. The molecule has 1 N–H and O–H groups in total. The summed E-state index contributed by atoms with van der Waals surface area (Å²) in [5.41, 5.74) is 0.942. The Labute approximate surface area is 217 Å². The van der Waals surface area contributed by atoms with Gasteiger partial charge >= 0.3 is 18.9 Å². The Bertz CT molecular complexity index is 384. The molecule has 2 nitrogen and oxygen atoms in total. The summed E-state index contributed by atoms with van der Waals surface area (Å²) in [6, 6.07) is 9.08. The van der Waals surface area contributed by atoms with Crippen molar-refractivity contribution in [2.24, 2.45) is 0 Å². The molecule has 0 amide bonds. The van der Waals surface area contributed by atoms with E-state index in [9.17, 15) is 0 Å². The Morgan fingerprint density at radius 2 is 1.27 bits per heavy atom. The molecule has 0 aliphatic carbocycles. The number of aliphatic hydroxyl groups excluding tert-OH is 1. The Morgan fingerprint density at radius 3 is 1.53 bits per heavy atom. The SMILES string of the molecule is C1CO1.CC[Si]1(CC)CCCC1CCO.CC[Si]1(CC)CCCC1I.C[C-](C)C.[Li+]. The molecular weight excluding hydrogens is 510 g/mol. The summed E-state index contributed by atoms with van der Waals surface area (Å²) in [6.07, 6.45) is 7.00. The first kappa shape index (κ1) is 33.9. The topological polar surface area (TPSA) is 32.8 Å². The number of alkyl halides is 1. The van der Waals surface area contributed by atoms with Gasteiger partial charge in [-0.05, 0) is 18.4 Å². The zero-order chi connectivity index (χ0) is 22.3. The summed E-state index contributed by atoms with van der Waals surface area (Å²) in [4.78, 5) is 0. The Morgan fingerprint density at radius 1 is 0.867 bits per heavy atom. The Hall–Kier alpha value is 1.68. The van der Waals surface area contributed by atoms with Crippen molar-refractivity contribution in [1.29, 1.82) is 0 Å². The molecule has 2 unspecified atom stereocenters. The number of aliphatic hydroxyl groups is 1. The maximum atomic E-state index is 8.97. The fourth-order valence-electron chi connectivity index (χ4n) is 5.14. The zero-order valence-corrected chi connectivity index (χ0v) is 25.9. The minimum absolute atomic E-state index is 0. The molecule has 0 aromatic rings. The van der Waals surface area contributed by atoms with Gasteiger partial charge < -0.3 is 15.8 Å². The predicted octanol–water partition coefficient (Wildman–Crippen LogP) is 5.27. The fourth-order valence-corrected chi connectivity index (χ4v) is 18.5. The van der Waals surface area contributed by atoms with Gasteiger partial charge in [0.2, 0.25) is 0 Å². The minimum atomic E-state index is -0.891. The molecule has 2 atom stereocenters. The third-order valence-electron chi connectivity index (χ3n) is 7.39. The van der Waals surface area contributed by atoms with Crippen molar-refractivity contribution in [3.63, 3.8) is 0 Å². The molecular formula is C24H52ILiO2Si2. The van der Waals surface area contributed by atoms with E-state index in [-0.39, 0.29) is 18.9 Å². The second-order valence-electron chi connectivity index (χ2n) is 9.71. The molecule has 0 aromatic heterocycles. The van der Waals surface area contributed by atoms with Crippen molar-refractivity contribution in [2.45, 2.75) is 126 Å². The van der Waals surface area contributed by atoms with E-state index in [1.165, 1.54) is 61.8 Å². The molecule has 3 saturated heterocycles. The summed E-state index contributed by atoms with van der Waals surface area (Å²) in [6.45, 7) is 18.2. The molecule has 0 saturated carbocycles. The van der Waals surface area contributed by atoms with Crippen molar-refractivity contribution in [3.05, 3.63) is 5.92 Å². The number of epoxide rings is 1. The fraction of sp³-hybridized carbons (Fsp3) is 0.958. The van der Waals surface area contributed by atoms with Crippen molar-refractivity contribution in [1.82, 2.24) is 0 Å². The minimum Gasteiger partial charge on any atom is -0.396 e. The van der Waals surface area contributed by atoms with Gasteiger partial charge in [-0.15, -0.1) is 0 Å². The average molecular weight is 563 g/mol. The van der Waals surface area contributed by atoms with Crippen molar-refractivity contribution in [3.8, 4) is 0 Å². The van der Waals surface area contributed by atoms with Crippen molar-refractivity contribution in [2.75, 3.05) is 19.8 Å². The molecule has 0 radical (unpaired) electrons. The van der Waals surface area contributed by atoms with E-state index < -0.39 is 16.1 Å². The van der Waals surface area contributed by atoms with Crippen LogP contribution in [-0.2, 0) is 4.74 Å². The van der Waals surface area contributed by atoms with Crippen LogP contribution < -0.4 is 18.9 Å². The van der Waals surface area contributed by atoms with Gasteiger partial charge in [0.15, 0.2) is 0 Å². The van der Waals surface area contributed by atoms with E-state index in [0.29, 0.717) is 6.61 Å². The number of hydrogen-bond acceptors (Lipinski definition) is 2. The van der Waals surface area contributed by atoms with Crippen LogP contribution in [0.1, 0.15) is 80.6 Å². The van der Waals surface area contributed by atoms with E-state index in [0.717, 1.165) is 28.7 Å². The third-order valence-corrected chi connectivity index (χ3v) is 24.2. The van der Waals surface area contributed by atoms with Crippen LogP contribution in [0.25, 0.3) is 0 Å². The second-order valence-corrected chi connectivity index (χ2v) is 23.2. The van der Waals surface area contributed by atoms with Crippen LogP contribution in [-0.4, -0.2) is 44.6 Å². The van der Waals surface area contributed by atoms with E-state index in [1.54, 1.807) is 6.04 Å². The molecule has 3 aliphatic heterocycles. The first-order chi connectivity index (χ1) is 13.8. The monoisotopic (exact) mass is 562 g/mol. The van der Waals surface area contributed by atoms with Crippen LogP contribution in [0.4, 0.5) is 0 Å². The maximum Gasteiger partial charge on any atom is 1.00 e. The van der Waals surface area contributed by atoms with Crippen LogP contribution in [0.5, 0.6) is 0 Å². The second kappa shape index (κ2) is 19.0. The van der Waals surface area contributed by atoms with Crippen LogP contribution in [0.3, 0.4) is 0 Å². The Balaban J connectivity index is 0. The van der Waals surface area contributed by atoms with Gasteiger partial charge in [-0.25, -0.2) is 0 Å². The van der Waals surface area contributed by atoms with Gasteiger partial charge in [0.25, 0.3) is 0 Å². The summed E-state index contributed by atoms with van der Waals surface area (Å²) < 4.78 is 5.60. The molecule has 176 valence electrons. The summed E-state index contributed by atoms with van der Waals surface area (Å²) in [5.74, 6) is 1.42. The number of ether oxygens (including phenoxy) is 1. The smallest absolute Gasteiger partial charge is 0.396 e. The van der Waals surface area contributed by atoms with E-state index >= 15 is 0 Å². The van der Waals surface area contributed by atoms with Gasteiger partial charge in [-0.3, -0.25) is 0 Å². The molecule has 3 heterocycles. The molecule has 3 aliphatic rings. The molecule has 0 aromatic carbocycles. The van der Waals surface area contributed by atoms with Crippen molar-refractivity contribution < 1.29 is 28.7 Å². The van der Waals surface area contributed by atoms with Gasteiger partial charge in [-0.2, -0.15) is 20.8 Å². The Kier molecular flexibility index (Phi) is 21.5. The molecule has 6 heteroatoms. The molecule has 0 bridgehead atoms. The normalized spacial score (nSPS) is 25.0. The summed E-state index contributed by atoms with van der Waals surface area (Å²) >= 11 is 2.71. The van der Waals surface area contributed by atoms with E-state index in [2.05, 4.69) is 75.8 Å². The number of halogens is 1. The van der Waals surface area contributed by atoms with E-state index in [4.69, 9.17) is 5.11 Å². The van der Waals surface area contributed by atoms with Crippen LogP contribution >= 0.6 is 22.6 Å². The summed E-state index contributed by atoms with van der Waals surface area (Å²) in [5, 5.41) is 8.97. The molecule has 3 fully saturated rings. The van der Waals surface area contributed by atoms with Gasteiger partial charge in [0, 0.05) is 10.2 Å². The first-order valence-corrected chi connectivity index (χ1v) is 19.0. The first-order valence-electron chi connectivity index (χ1n) is 12.4.